The van der Waals surface area contributed by atoms with Crippen LogP contribution in [-0.2, 0) is 11.3 Å². The molecule has 0 bridgehead atoms. The van der Waals surface area contributed by atoms with Crippen LogP contribution in [0.1, 0.15) is 52.2 Å². The molecular weight excluding hydrogens is 358 g/mol. The van der Waals surface area contributed by atoms with Crippen LogP contribution in [0, 0.1) is 0 Å². The molecule has 1 amide bonds. The van der Waals surface area contributed by atoms with Crippen molar-refractivity contribution in [3.05, 3.63) is 77.4 Å². The molecule has 3 rings (SSSR count). The molecule has 1 heterocycles. The average molecular weight is 379 g/mol. The molecule has 1 aromatic heterocycles. The molecule has 0 radical (unpaired) electrons. The fourth-order valence-electron chi connectivity index (χ4n) is 2.56. The number of hydrogen-bond acceptors (Lipinski definition) is 6. The van der Waals surface area contributed by atoms with Crippen molar-refractivity contribution >= 4 is 17.6 Å². The van der Waals surface area contributed by atoms with Crippen molar-refractivity contribution in [3.63, 3.8) is 0 Å². The highest BCUT2D eigenvalue weighted by Crippen LogP contribution is 2.19. The molecule has 0 saturated carbocycles. The monoisotopic (exact) mass is 379 g/mol. The van der Waals surface area contributed by atoms with Gasteiger partial charge in [-0.25, -0.2) is 4.79 Å². The van der Waals surface area contributed by atoms with Crippen LogP contribution in [0.15, 0.2) is 59.1 Å². The highest BCUT2D eigenvalue weighted by Gasteiger charge is 2.22. The average Bonchev–Trinajstić information content (AvgIpc) is 3.21. The minimum absolute atomic E-state index is 0.111. The van der Waals surface area contributed by atoms with Crippen LogP contribution in [0.3, 0.4) is 0 Å². The van der Waals surface area contributed by atoms with E-state index < -0.39 is 5.97 Å². The number of rotatable bonds is 6. The Labute approximate surface area is 162 Å². The Morgan fingerprint density at radius 2 is 1.68 bits per heavy atom. The van der Waals surface area contributed by atoms with Crippen molar-refractivity contribution in [2.75, 3.05) is 11.9 Å². The van der Waals surface area contributed by atoms with E-state index in [1.54, 1.807) is 31.3 Å². The summed E-state index contributed by atoms with van der Waals surface area (Å²) in [6.45, 7) is 3.72. The van der Waals surface area contributed by atoms with Crippen molar-refractivity contribution < 1.29 is 18.8 Å². The molecule has 0 aliphatic carbocycles. The topological polar surface area (TPSA) is 85.5 Å². The Hall–Kier alpha value is -3.48. The van der Waals surface area contributed by atoms with Crippen molar-refractivity contribution in [3.8, 4) is 0 Å². The molecule has 7 nitrogen and oxygen atoms in total. The normalized spacial score (nSPS) is 10.7. The third-order valence-electron chi connectivity index (χ3n) is 4.15. The number of amides is 1. The Balaban J connectivity index is 1.75. The van der Waals surface area contributed by atoms with E-state index in [0.29, 0.717) is 5.82 Å². The van der Waals surface area contributed by atoms with Crippen molar-refractivity contribution in [1.82, 2.24) is 10.1 Å². The number of nitrogens with zero attached hydrogens (tertiary/aromatic N) is 3. The van der Waals surface area contributed by atoms with Crippen LogP contribution in [0.5, 0.6) is 0 Å². The number of esters is 1. The van der Waals surface area contributed by atoms with Crippen LogP contribution in [0.25, 0.3) is 0 Å². The Bertz CT molecular complexity index is 967. The minimum Gasteiger partial charge on any atom is -0.452 e. The number of carbonyl (C=O) groups is 2. The summed E-state index contributed by atoms with van der Waals surface area (Å²) >= 11 is 0. The van der Waals surface area contributed by atoms with Gasteiger partial charge in [-0.05, 0) is 24.3 Å². The largest absolute Gasteiger partial charge is 0.452 e. The van der Waals surface area contributed by atoms with Crippen LogP contribution in [-0.4, -0.2) is 29.1 Å². The number of benzene rings is 2. The smallest absolute Gasteiger partial charge is 0.339 e. The summed E-state index contributed by atoms with van der Waals surface area (Å²) in [6, 6.07) is 15.7. The van der Waals surface area contributed by atoms with E-state index in [4.69, 9.17) is 9.26 Å². The zero-order chi connectivity index (χ0) is 20.1. The lowest BCUT2D eigenvalue weighted by Gasteiger charge is -2.18. The summed E-state index contributed by atoms with van der Waals surface area (Å²) in [5.74, 6) is -0.0678. The molecule has 144 valence electrons. The fourth-order valence-corrected chi connectivity index (χ4v) is 2.56. The van der Waals surface area contributed by atoms with Crippen LogP contribution >= 0.6 is 0 Å². The summed E-state index contributed by atoms with van der Waals surface area (Å²) in [4.78, 5) is 31.1. The highest BCUT2D eigenvalue weighted by molar-refractivity contribution is 6.11. The van der Waals surface area contributed by atoms with E-state index in [-0.39, 0.29) is 35.4 Å². The lowest BCUT2D eigenvalue weighted by Crippen LogP contribution is -2.28. The molecule has 3 aromatic rings. The number of aromatic nitrogens is 2. The van der Waals surface area contributed by atoms with Gasteiger partial charge in [0.05, 0.1) is 11.1 Å². The molecule has 7 heteroatoms. The van der Waals surface area contributed by atoms with Gasteiger partial charge >= 0.3 is 5.97 Å². The van der Waals surface area contributed by atoms with Gasteiger partial charge in [-0.1, -0.05) is 49.3 Å². The van der Waals surface area contributed by atoms with Gasteiger partial charge in [-0.3, -0.25) is 4.79 Å². The number of hydrogen-bond donors (Lipinski definition) is 0. The molecule has 2 aromatic carbocycles. The Kier molecular flexibility index (Phi) is 5.84. The molecule has 0 atom stereocenters. The third-order valence-corrected chi connectivity index (χ3v) is 4.15. The minimum atomic E-state index is -0.630. The van der Waals surface area contributed by atoms with Crippen molar-refractivity contribution in [1.29, 1.82) is 0 Å². The molecule has 0 saturated heterocycles. The first kappa shape index (κ1) is 19.3. The third kappa shape index (κ3) is 4.25. The Morgan fingerprint density at radius 3 is 2.32 bits per heavy atom. The maximum atomic E-state index is 12.9. The summed E-state index contributed by atoms with van der Waals surface area (Å²) in [5.41, 5.74) is 1.16. The van der Waals surface area contributed by atoms with Crippen molar-refractivity contribution in [2.45, 2.75) is 26.4 Å². The highest BCUT2D eigenvalue weighted by atomic mass is 16.6. The van der Waals surface area contributed by atoms with Gasteiger partial charge in [0.1, 0.15) is 0 Å². The van der Waals surface area contributed by atoms with Gasteiger partial charge in [0.25, 0.3) is 11.8 Å². The van der Waals surface area contributed by atoms with Gasteiger partial charge in [-0.15, -0.1) is 0 Å². The predicted molar refractivity (Wildman–Crippen MR) is 103 cm³/mol. The first-order chi connectivity index (χ1) is 13.5. The number of para-hydroxylation sites is 1. The van der Waals surface area contributed by atoms with E-state index in [1.807, 2.05) is 44.2 Å². The van der Waals surface area contributed by atoms with Crippen LogP contribution in [0.2, 0.25) is 0 Å². The molecule has 0 aliphatic heterocycles. The first-order valence-electron chi connectivity index (χ1n) is 8.89. The molecular formula is C21H21N3O4. The number of ether oxygens (including phenoxy) is 1. The SMILES string of the molecule is CC(C)c1noc(COC(=O)c2ccccc2C(=O)N(C)c2ccccc2)n1. The molecule has 0 fully saturated rings. The second kappa shape index (κ2) is 8.47. The Morgan fingerprint density at radius 1 is 1.04 bits per heavy atom. The zero-order valence-electron chi connectivity index (χ0n) is 16.0. The lowest BCUT2D eigenvalue weighted by atomic mass is 10.1. The maximum absolute atomic E-state index is 12.9. The van der Waals surface area contributed by atoms with E-state index in [2.05, 4.69) is 10.1 Å². The maximum Gasteiger partial charge on any atom is 0.339 e. The lowest BCUT2D eigenvalue weighted by molar-refractivity contribution is 0.0427. The van der Waals surface area contributed by atoms with E-state index in [0.717, 1.165) is 5.69 Å². The van der Waals surface area contributed by atoms with Gasteiger partial charge in [0.2, 0.25) is 0 Å². The first-order valence-corrected chi connectivity index (χ1v) is 8.89. The fraction of sp³-hybridized carbons (Fsp3) is 0.238. The zero-order valence-corrected chi connectivity index (χ0v) is 16.0. The molecule has 0 N–H and O–H groups in total. The molecule has 0 spiro atoms. The molecule has 0 unspecified atom stereocenters. The number of anilines is 1. The molecule has 28 heavy (non-hydrogen) atoms. The van der Waals surface area contributed by atoms with E-state index in [9.17, 15) is 9.59 Å². The van der Waals surface area contributed by atoms with Gasteiger partial charge < -0.3 is 14.2 Å². The van der Waals surface area contributed by atoms with E-state index >= 15 is 0 Å². The summed E-state index contributed by atoms with van der Waals surface area (Å²) < 4.78 is 10.4. The summed E-state index contributed by atoms with van der Waals surface area (Å²) in [7, 11) is 1.66. The van der Waals surface area contributed by atoms with Crippen LogP contribution < -0.4 is 4.90 Å². The van der Waals surface area contributed by atoms with Gasteiger partial charge in [0, 0.05) is 18.7 Å². The standard InChI is InChI=1S/C21H21N3O4/c1-14(2)19-22-18(28-23-19)13-27-21(26)17-12-8-7-11-16(17)20(25)24(3)15-9-5-4-6-10-15/h4-12,14H,13H2,1-3H3. The van der Waals surface area contributed by atoms with Gasteiger partial charge in [-0.2, -0.15) is 4.98 Å². The number of carbonyl (C=O) groups excluding carboxylic acids is 2. The predicted octanol–water partition coefficient (Wildman–Crippen LogP) is 3.83. The van der Waals surface area contributed by atoms with Crippen molar-refractivity contribution in [2.24, 2.45) is 0 Å². The second-order valence-corrected chi connectivity index (χ2v) is 6.52. The summed E-state index contributed by atoms with van der Waals surface area (Å²) in [6.07, 6.45) is 0. The van der Waals surface area contributed by atoms with Gasteiger partial charge in [0.15, 0.2) is 12.4 Å². The summed E-state index contributed by atoms with van der Waals surface area (Å²) in [5, 5.41) is 3.83. The molecule has 0 aliphatic rings. The van der Waals surface area contributed by atoms with E-state index in [1.165, 1.54) is 4.90 Å². The second-order valence-electron chi connectivity index (χ2n) is 6.52. The van der Waals surface area contributed by atoms with Crippen LogP contribution in [0.4, 0.5) is 5.69 Å². The quantitative estimate of drug-likeness (QED) is 0.605.